The van der Waals surface area contributed by atoms with Crippen LogP contribution in [-0.4, -0.2) is 35.8 Å². The van der Waals surface area contributed by atoms with Gasteiger partial charge in [-0.2, -0.15) is 0 Å². The number of aromatic nitrogens is 5. The number of carbonyl (C=O) groups is 1. The van der Waals surface area contributed by atoms with Crippen LogP contribution in [0.15, 0.2) is 30.9 Å². The van der Waals surface area contributed by atoms with Crippen molar-refractivity contribution in [2.24, 2.45) is 5.92 Å². The maximum Gasteiger partial charge on any atom is 0.312 e. The van der Waals surface area contributed by atoms with E-state index in [4.69, 9.17) is 5.73 Å². The van der Waals surface area contributed by atoms with Gasteiger partial charge in [0.05, 0.1) is 18.6 Å². The molecule has 8 nitrogen and oxygen atoms in total. The number of carboxylic acids is 1. The molecule has 3 aromatic rings. The van der Waals surface area contributed by atoms with Crippen molar-refractivity contribution in [3.05, 3.63) is 52.1 Å². The van der Waals surface area contributed by atoms with Crippen molar-refractivity contribution in [2.75, 3.05) is 5.73 Å². The van der Waals surface area contributed by atoms with E-state index in [1.165, 1.54) is 0 Å². The Morgan fingerprint density at radius 3 is 2.71 bits per heavy atom. The van der Waals surface area contributed by atoms with Crippen LogP contribution in [0.1, 0.15) is 47.5 Å². The number of nitrogens with two attached hydrogens (primary N) is 1. The highest BCUT2D eigenvalue weighted by molar-refractivity contribution is 7.11. The van der Waals surface area contributed by atoms with Crippen molar-refractivity contribution >= 4 is 23.1 Å². The summed E-state index contributed by atoms with van der Waals surface area (Å²) < 4.78 is 1.85. The van der Waals surface area contributed by atoms with Crippen LogP contribution in [0.2, 0.25) is 0 Å². The number of carboxylic acid groups (broad SMARTS) is 1. The van der Waals surface area contributed by atoms with Crippen molar-refractivity contribution < 1.29 is 9.90 Å². The van der Waals surface area contributed by atoms with E-state index in [-0.39, 0.29) is 0 Å². The van der Waals surface area contributed by atoms with Gasteiger partial charge < -0.3 is 15.4 Å². The van der Waals surface area contributed by atoms with Crippen LogP contribution in [0.25, 0.3) is 0 Å². The molecule has 28 heavy (non-hydrogen) atoms. The molecule has 0 saturated heterocycles. The normalized spacial score (nSPS) is 12.4. The fourth-order valence-corrected chi connectivity index (χ4v) is 3.65. The maximum atomic E-state index is 11.8. The zero-order chi connectivity index (χ0) is 20.1. The number of aliphatic carboxylic acids is 1. The van der Waals surface area contributed by atoms with Gasteiger partial charge in [-0.1, -0.05) is 31.3 Å². The molecule has 0 aliphatic rings. The smallest absolute Gasteiger partial charge is 0.312 e. The van der Waals surface area contributed by atoms with Crippen molar-refractivity contribution in [2.45, 2.75) is 45.6 Å². The second kappa shape index (κ2) is 8.92. The summed E-state index contributed by atoms with van der Waals surface area (Å²) in [6.45, 7) is 4.91. The molecule has 0 radical (unpaired) electrons. The predicted octanol–water partition coefficient (Wildman–Crippen LogP) is 2.76. The van der Waals surface area contributed by atoms with Gasteiger partial charge in [-0.25, -0.2) is 9.97 Å². The first-order chi connectivity index (χ1) is 13.4. The van der Waals surface area contributed by atoms with E-state index in [1.807, 2.05) is 4.57 Å². The molecular formula is C19H24N6O2S. The molecule has 0 amide bonds. The first kappa shape index (κ1) is 19.9. The van der Waals surface area contributed by atoms with Crippen LogP contribution < -0.4 is 5.73 Å². The first-order valence-corrected chi connectivity index (χ1v) is 9.98. The second-order valence-corrected chi connectivity index (χ2v) is 8.33. The van der Waals surface area contributed by atoms with Crippen LogP contribution in [0, 0.1) is 5.92 Å². The van der Waals surface area contributed by atoms with Crippen molar-refractivity contribution in [1.82, 2.24) is 24.7 Å². The highest BCUT2D eigenvalue weighted by Crippen LogP contribution is 2.21. The number of hydrogen-bond acceptors (Lipinski definition) is 7. The molecule has 0 saturated carbocycles. The molecule has 0 bridgehead atoms. The summed E-state index contributed by atoms with van der Waals surface area (Å²) in [5.41, 5.74) is 6.90. The SMILES string of the molecule is CC(C)CCc1nnc(Cn2cnc(C(Cc3ccc(N)nc3)C(=O)O)c2)s1. The lowest BCUT2D eigenvalue weighted by atomic mass is 9.98. The van der Waals surface area contributed by atoms with E-state index >= 15 is 0 Å². The number of hydrogen-bond donors (Lipinski definition) is 2. The topological polar surface area (TPSA) is 120 Å². The first-order valence-electron chi connectivity index (χ1n) is 9.17. The van der Waals surface area contributed by atoms with Crippen LogP contribution in [-0.2, 0) is 24.2 Å². The number of aryl methyl sites for hydroxylation is 1. The summed E-state index contributed by atoms with van der Waals surface area (Å²) in [5, 5.41) is 20.0. The zero-order valence-corrected chi connectivity index (χ0v) is 16.8. The summed E-state index contributed by atoms with van der Waals surface area (Å²) in [4.78, 5) is 20.1. The molecule has 9 heteroatoms. The Balaban J connectivity index is 1.67. The Bertz CT molecular complexity index is 919. The molecule has 3 N–H and O–H groups in total. The van der Waals surface area contributed by atoms with Crippen molar-refractivity contribution in [1.29, 1.82) is 0 Å². The molecule has 3 rings (SSSR count). The molecule has 1 unspecified atom stereocenters. The summed E-state index contributed by atoms with van der Waals surface area (Å²) in [6.07, 6.45) is 7.33. The number of rotatable bonds is 9. The lowest BCUT2D eigenvalue weighted by Gasteiger charge is -2.09. The van der Waals surface area contributed by atoms with E-state index in [9.17, 15) is 9.90 Å². The van der Waals surface area contributed by atoms with E-state index in [0.29, 0.717) is 30.4 Å². The average Bonchev–Trinajstić information content (AvgIpc) is 3.29. The maximum absolute atomic E-state index is 11.8. The Hall–Kier alpha value is -2.81. The lowest BCUT2D eigenvalue weighted by Crippen LogP contribution is -2.15. The van der Waals surface area contributed by atoms with Gasteiger partial charge in [0.15, 0.2) is 0 Å². The third kappa shape index (κ3) is 5.35. The van der Waals surface area contributed by atoms with Gasteiger partial charge in [-0.05, 0) is 30.4 Å². The largest absolute Gasteiger partial charge is 0.481 e. The number of pyridine rings is 1. The van der Waals surface area contributed by atoms with Crippen molar-refractivity contribution in [3.8, 4) is 0 Å². The Morgan fingerprint density at radius 2 is 2.04 bits per heavy atom. The third-order valence-electron chi connectivity index (χ3n) is 4.36. The second-order valence-electron chi connectivity index (χ2n) is 7.18. The highest BCUT2D eigenvalue weighted by Gasteiger charge is 2.23. The van der Waals surface area contributed by atoms with Crippen molar-refractivity contribution in [3.63, 3.8) is 0 Å². The molecular weight excluding hydrogens is 376 g/mol. The Morgan fingerprint density at radius 1 is 1.25 bits per heavy atom. The van der Waals surface area contributed by atoms with E-state index < -0.39 is 11.9 Å². The summed E-state index contributed by atoms with van der Waals surface area (Å²) in [7, 11) is 0. The Kier molecular flexibility index (Phi) is 6.35. The van der Waals surface area contributed by atoms with Gasteiger partial charge in [-0.3, -0.25) is 4.79 Å². The fraction of sp³-hybridized carbons (Fsp3) is 0.421. The quantitative estimate of drug-likeness (QED) is 0.566. The minimum atomic E-state index is -0.922. The molecule has 1 atom stereocenters. The number of nitrogens with zero attached hydrogens (tertiary/aromatic N) is 5. The summed E-state index contributed by atoms with van der Waals surface area (Å²) in [5.74, 6) is -0.630. The average molecular weight is 401 g/mol. The predicted molar refractivity (Wildman–Crippen MR) is 107 cm³/mol. The Labute approximate surface area is 167 Å². The minimum Gasteiger partial charge on any atom is -0.481 e. The fourth-order valence-electron chi connectivity index (χ4n) is 2.78. The van der Waals surface area contributed by atoms with E-state index in [0.717, 1.165) is 28.4 Å². The molecule has 0 spiro atoms. The number of imidazole rings is 1. The van der Waals surface area contributed by atoms with E-state index in [2.05, 4.69) is 34.0 Å². The molecule has 148 valence electrons. The lowest BCUT2D eigenvalue weighted by molar-refractivity contribution is -0.138. The molecule has 0 aliphatic heterocycles. The minimum absolute atomic E-state index is 0.303. The number of anilines is 1. The standard InChI is InChI=1S/C19H24N6O2S/c1-12(2)3-6-17-23-24-18(28-17)10-25-9-15(22-11-25)14(19(26)27)7-13-4-5-16(20)21-8-13/h4-5,8-9,11-12,14H,3,6-7,10H2,1-2H3,(H2,20,21)(H,26,27). The van der Waals surface area contributed by atoms with Crippen LogP contribution in [0.3, 0.4) is 0 Å². The molecule has 0 fully saturated rings. The third-order valence-corrected chi connectivity index (χ3v) is 5.33. The monoisotopic (exact) mass is 400 g/mol. The molecule has 0 aliphatic carbocycles. The van der Waals surface area contributed by atoms with Crippen LogP contribution in [0.4, 0.5) is 5.82 Å². The summed E-state index contributed by atoms with van der Waals surface area (Å²) >= 11 is 1.59. The number of nitrogen functional groups attached to an aromatic ring is 1. The van der Waals surface area contributed by atoms with Gasteiger partial charge in [0.25, 0.3) is 0 Å². The van der Waals surface area contributed by atoms with Gasteiger partial charge in [0, 0.05) is 18.8 Å². The van der Waals surface area contributed by atoms with Gasteiger partial charge in [0.2, 0.25) is 0 Å². The van der Waals surface area contributed by atoms with Gasteiger partial charge in [0.1, 0.15) is 21.8 Å². The molecule has 3 aromatic heterocycles. The molecule has 0 aromatic carbocycles. The van der Waals surface area contributed by atoms with E-state index in [1.54, 1.807) is 42.2 Å². The van der Waals surface area contributed by atoms with Gasteiger partial charge >= 0.3 is 5.97 Å². The zero-order valence-electron chi connectivity index (χ0n) is 15.9. The summed E-state index contributed by atoms with van der Waals surface area (Å²) in [6, 6.07) is 3.45. The van der Waals surface area contributed by atoms with Gasteiger partial charge in [-0.15, -0.1) is 10.2 Å². The van der Waals surface area contributed by atoms with Crippen LogP contribution in [0.5, 0.6) is 0 Å². The molecule has 3 heterocycles. The van der Waals surface area contributed by atoms with Crippen LogP contribution >= 0.6 is 11.3 Å². The highest BCUT2D eigenvalue weighted by atomic mass is 32.1.